The molecule has 0 heterocycles. The molecule has 6 nitrogen and oxygen atoms in total. The molecule has 0 aromatic heterocycles. The van der Waals surface area contributed by atoms with E-state index in [4.69, 9.17) is 0 Å². The second-order valence-electron chi connectivity index (χ2n) is 6.35. The van der Waals surface area contributed by atoms with E-state index in [1.165, 1.54) is 0 Å². The van der Waals surface area contributed by atoms with Crippen LogP contribution in [0, 0.1) is 17.6 Å². The van der Waals surface area contributed by atoms with Crippen molar-refractivity contribution in [3.05, 3.63) is 35.4 Å². The van der Waals surface area contributed by atoms with Crippen LogP contribution in [-0.4, -0.2) is 36.3 Å². The Hall–Kier alpha value is -2.51. The van der Waals surface area contributed by atoms with Gasteiger partial charge in [-0.3, -0.25) is 14.4 Å². The fourth-order valence-electron chi connectivity index (χ4n) is 2.25. The zero-order valence-corrected chi connectivity index (χ0v) is 14.1. The number of benzene rings is 1. The largest absolute Gasteiger partial charge is 0.352 e. The Kier molecular flexibility index (Phi) is 6.06. The van der Waals surface area contributed by atoms with Crippen molar-refractivity contribution in [1.82, 2.24) is 16.0 Å². The third kappa shape index (κ3) is 5.23. The first-order valence-electron chi connectivity index (χ1n) is 8.11. The molecular weight excluding hydrogens is 332 g/mol. The molecule has 1 unspecified atom stereocenters. The number of amides is 3. The van der Waals surface area contributed by atoms with Gasteiger partial charge in [-0.15, -0.1) is 0 Å². The van der Waals surface area contributed by atoms with E-state index in [-0.39, 0.29) is 24.4 Å². The Balaban J connectivity index is 1.98. The van der Waals surface area contributed by atoms with Crippen molar-refractivity contribution in [2.24, 2.45) is 5.92 Å². The Morgan fingerprint density at radius 1 is 1.16 bits per heavy atom. The van der Waals surface area contributed by atoms with Gasteiger partial charge in [0.1, 0.15) is 23.2 Å². The third-order valence-corrected chi connectivity index (χ3v) is 3.79. The molecule has 1 aromatic rings. The van der Waals surface area contributed by atoms with E-state index in [2.05, 4.69) is 16.0 Å². The summed E-state index contributed by atoms with van der Waals surface area (Å²) in [5.41, 5.74) is -0.743. The van der Waals surface area contributed by atoms with Gasteiger partial charge in [-0.25, -0.2) is 8.78 Å². The van der Waals surface area contributed by atoms with Gasteiger partial charge in [0.2, 0.25) is 11.8 Å². The van der Waals surface area contributed by atoms with E-state index >= 15 is 0 Å². The second-order valence-corrected chi connectivity index (χ2v) is 6.35. The van der Waals surface area contributed by atoms with Crippen LogP contribution in [0.1, 0.15) is 37.0 Å². The van der Waals surface area contributed by atoms with Crippen LogP contribution in [-0.2, 0) is 9.59 Å². The summed E-state index contributed by atoms with van der Waals surface area (Å²) in [6.07, 6.45) is 1.86. The number of halogens is 2. The van der Waals surface area contributed by atoms with Gasteiger partial charge in [-0.2, -0.15) is 0 Å². The fourth-order valence-corrected chi connectivity index (χ4v) is 2.25. The number of carbonyl (C=O) groups excluding carboxylic acids is 3. The van der Waals surface area contributed by atoms with Gasteiger partial charge in [-0.05, 0) is 30.9 Å². The Bertz CT molecular complexity index is 655. The molecule has 0 spiro atoms. The molecule has 0 bridgehead atoms. The minimum atomic E-state index is -1.03. The molecule has 1 saturated carbocycles. The van der Waals surface area contributed by atoms with Gasteiger partial charge < -0.3 is 16.0 Å². The highest BCUT2D eigenvalue weighted by atomic mass is 19.1. The standard InChI is InChI=1S/C17H21F2N3O3/c1-9(2)15(17(25)20-8-13(23)21-10-6-7-10)22-16(24)14-11(18)4-3-5-12(14)19/h3-5,9-10,15H,6-8H2,1-2H3,(H,20,25)(H,21,23)(H,22,24). The summed E-state index contributed by atoms with van der Waals surface area (Å²) < 4.78 is 27.4. The number of carbonyl (C=O) groups is 3. The Morgan fingerprint density at radius 2 is 1.76 bits per heavy atom. The lowest BCUT2D eigenvalue weighted by Gasteiger charge is -2.22. The minimum absolute atomic E-state index is 0.175. The maximum atomic E-state index is 13.7. The fraction of sp³-hybridized carbons (Fsp3) is 0.471. The SMILES string of the molecule is CC(C)C(NC(=O)c1c(F)cccc1F)C(=O)NCC(=O)NC1CC1. The van der Waals surface area contributed by atoms with Crippen LogP contribution < -0.4 is 16.0 Å². The van der Waals surface area contributed by atoms with E-state index in [0.29, 0.717) is 0 Å². The second kappa shape index (κ2) is 8.04. The zero-order chi connectivity index (χ0) is 18.6. The molecule has 1 atom stereocenters. The lowest BCUT2D eigenvalue weighted by atomic mass is 10.0. The predicted octanol–water partition coefficient (Wildman–Crippen LogP) is 1.11. The quantitative estimate of drug-likeness (QED) is 0.686. The van der Waals surface area contributed by atoms with Crippen molar-refractivity contribution in [2.75, 3.05) is 6.54 Å². The molecule has 1 aromatic carbocycles. The molecular formula is C17H21F2N3O3. The maximum absolute atomic E-state index is 13.7. The van der Waals surface area contributed by atoms with Crippen LogP contribution in [0.2, 0.25) is 0 Å². The molecule has 1 aliphatic carbocycles. The molecule has 2 rings (SSSR count). The van der Waals surface area contributed by atoms with Crippen LogP contribution in [0.3, 0.4) is 0 Å². The van der Waals surface area contributed by atoms with Gasteiger partial charge in [-0.1, -0.05) is 19.9 Å². The molecule has 0 aliphatic heterocycles. The zero-order valence-electron chi connectivity index (χ0n) is 14.1. The van der Waals surface area contributed by atoms with Gasteiger partial charge in [0.05, 0.1) is 6.54 Å². The van der Waals surface area contributed by atoms with Crippen molar-refractivity contribution < 1.29 is 23.2 Å². The van der Waals surface area contributed by atoms with Gasteiger partial charge in [0.15, 0.2) is 0 Å². The van der Waals surface area contributed by atoms with Crippen LogP contribution >= 0.6 is 0 Å². The summed E-state index contributed by atoms with van der Waals surface area (Å²) in [5, 5.41) is 7.48. The summed E-state index contributed by atoms with van der Waals surface area (Å²) in [5.74, 6) is -4.29. The van der Waals surface area contributed by atoms with Crippen molar-refractivity contribution in [3.63, 3.8) is 0 Å². The Morgan fingerprint density at radius 3 is 2.28 bits per heavy atom. The average Bonchev–Trinajstić information content (AvgIpc) is 3.33. The predicted molar refractivity (Wildman–Crippen MR) is 86.6 cm³/mol. The lowest BCUT2D eigenvalue weighted by molar-refractivity contribution is -0.127. The van der Waals surface area contributed by atoms with E-state index in [9.17, 15) is 23.2 Å². The van der Waals surface area contributed by atoms with Gasteiger partial charge >= 0.3 is 0 Å². The van der Waals surface area contributed by atoms with Crippen LogP contribution in [0.4, 0.5) is 8.78 Å². The third-order valence-electron chi connectivity index (χ3n) is 3.79. The first-order chi connectivity index (χ1) is 11.8. The highest BCUT2D eigenvalue weighted by Gasteiger charge is 2.28. The number of rotatable bonds is 7. The van der Waals surface area contributed by atoms with E-state index < -0.39 is 35.1 Å². The van der Waals surface area contributed by atoms with Gasteiger partial charge in [0.25, 0.3) is 5.91 Å². The molecule has 1 fully saturated rings. The normalized spacial score (nSPS) is 14.8. The first kappa shape index (κ1) is 18.8. The molecule has 0 radical (unpaired) electrons. The van der Waals surface area contributed by atoms with E-state index in [1.807, 2.05) is 0 Å². The smallest absolute Gasteiger partial charge is 0.257 e. The van der Waals surface area contributed by atoms with Crippen molar-refractivity contribution in [1.29, 1.82) is 0 Å². The monoisotopic (exact) mass is 353 g/mol. The van der Waals surface area contributed by atoms with E-state index in [1.54, 1.807) is 13.8 Å². The highest BCUT2D eigenvalue weighted by molar-refractivity contribution is 5.98. The Labute approximate surface area is 144 Å². The summed E-state index contributed by atoms with van der Waals surface area (Å²) in [6.45, 7) is 3.13. The van der Waals surface area contributed by atoms with Crippen molar-refractivity contribution in [3.8, 4) is 0 Å². The number of nitrogens with one attached hydrogen (secondary N) is 3. The van der Waals surface area contributed by atoms with Crippen molar-refractivity contribution in [2.45, 2.75) is 38.8 Å². The van der Waals surface area contributed by atoms with Crippen LogP contribution in [0.5, 0.6) is 0 Å². The average molecular weight is 353 g/mol. The summed E-state index contributed by atoms with van der Waals surface area (Å²) in [6, 6.07) is 2.22. The lowest BCUT2D eigenvalue weighted by Crippen LogP contribution is -2.51. The van der Waals surface area contributed by atoms with Gasteiger partial charge in [0, 0.05) is 6.04 Å². The summed E-state index contributed by atoms with van der Waals surface area (Å²) in [4.78, 5) is 36.0. The molecule has 8 heteroatoms. The summed E-state index contributed by atoms with van der Waals surface area (Å²) in [7, 11) is 0. The van der Waals surface area contributed by atoms with Crippen LogP contribution in [0.15, 0.2) is 18.2 Å². The summed E-state index contributed by atoms with van der Waals surface area (Å²) >= 11 is 0. The minimum Gasteiger partial charge on any atom is -0.352 e. The molecule has 136 valence electrons. The molecule has 25 heavy (non-hydrogen) atoms. The number of hydrogen-bond donors (Lipinski definition) is 3. The van der Waals surface area contributed by atoms with E-state index in [0.717, 1.165) is 31.0 Å². The molecule has 3 N–H and O–H groups in total. The molecule has 1 aliphatic rings. The maximum Gasteiger partial charge on any atom is 0.257 e. The first-order valence-corrected chi connectivity index (χ1v) is 8.11. The van der Waals surface area contributed by atoms with Crippen molar-refractivity contribution >= 4 is 17.7 Å². The van der Waals surface area contributed by atoms with Crippen LogP contribution in [0.25, 0.3) is 0 Å². The molecule has 3 amide bonds. The topological polar surface area (TPSA) is 87.3 Å². The number of hydrogen-bond acceptors (Lipinski definition) is 3. The molecule has 0 saturated heterocycles. The highest BCUT2D eigenvalue weighted by Crippen LogP contribution is 2.18.